The van der Waals surface area contributed by atoms with Gasteiger partial charge in [0, 0.05) is 17.6 Å². The van der Waals surface area contributed by atoms with E-state index in [4.69, 9.17) is 21.1 Å². The van der Waals surface area contributed by atoms with Gasteiger partial charge in [0.25, 0.3) is 5.91 Å². The van der Waals surface area contributed by atoms with E-state index in [0.29, 0.717) is 29.5 Å². The molecule has 1 N–H and O–H groups in total. The third kappa shape index (κ3) is 3.55. The van der Waals surface area contributed by atoms with Crippen molar-refractivity contribution >= 4 is 17.5 Å². The number of rotatable bonds is 4. The van der Waals surface area contributed by atoms with Crippen molar-refractivity contribution in [1.29, 1.82) is 0 Å². The Labute approximate surface area is 145 Å². The monoisotopic (exact) mass is 349 g/mol. The minimum Gasteiger partial charge on any atom is -0.482 e. The lowest BCUT2D eigenvalue weighted by Gasteiger charge is -2.20. The van der Waals surface area contributed by atoms with Gasteiger partial charge in [-0.2, -0.15) is 5.10 Å². The SMILES string of the molecule is Cc1cc(C(=O)N[C@H]2COC[C@H]2Oc2cnn(C)c2)c(C)cc1Cl. The lowest BCUT2D eigenvalue weighted by Crippen LogP contribution is -2.45. The van der Waals surface area contributed by atoms with Crippen molar-refractivity contribution in [3.8, 4) is 5.75 Å². The average molecular weight is 350 g/mol. The Morgan fingerprint density at radius 3 is 2.88 bits per heavy atom. The molecule has 0 unspecified atom stereocenters. The second-order valence-corrected chi connectivity index (χ2v) is 6.45. The molecule has 1 aliphatic heterocycles. The van der Waals surface area contributed by atoms with E-state index in [1.54, 1.807) is 29.2 Å². The largest absolute Gasteiger partial charge is 0.482 e. The van der Waals surface area contributed by atoms with Crippen molar-refractivity contribution in [3.05, 3.63) is 46.2 Å². The molecule has 0 spiro atoms. The van der Waals surface area contributed by atoms with Gasteiger partial charge in [-0.3, -0.25) is 9.48 Å². The Bertz CT molecular complexity index is 760. The number of nitrogens with zero attached hydrogens (tertiary/aromatic N) is 2. The average Bonchev–Trinajstić information content (AvgIpc) is 3.13. The number of amides is 1. The standard InChI is InChI=1S/C17H20ClN3O3/c1-10-5-14(18)11(2)4-13(10)17(22)20-15-8-23-9-16(15)24-12-6-19-21(3)7-12/h4-7,15-16H,8-9H2,1-3H3,(H,20,22)/t15-,16+/m0/s1. The molecular formula is C17H20ClN3O3. The first-order chi connectivity index (χ1) is 11.4. The first-order valence-electron chi connectivity index (χ1n) is 7.74. The Kier molecular flexibility index (Phi) is 4.78. The van der Waals surface area contributed by atoms with Gasteiger partial charge in [-0.25, -0.2) is 0 Å². The molecule has 0 bridgehead atoms. The minimum absolute atomic E-state index is 0.150. The molecule has 7 heteroatoms. The number of nitrogens with one attached hydrogen (secondary N) is 1. The quantitative estimate of drug-likeness (QED) is 0.919. The van der Waals surface area contributed by atoms with E-state index in [1.807, 2.05) is 20.9 Å². The molecule has 24 heavy (non-hydrogen) atoms. The normalized spacial score (nSPS) is 20.2. The van der Waals surface area contributed by atoms with Crippen LogP contribution in [0.25, 0.3) is 0 Å². The van der Waals surface area contributed by atoms with Crippen LogP contribution in [0.5, 0.6) is 5.75 Å². The highest BCUT2D eigenvalue weighted by Crippen LogP contribution is 2.21. The second kappa shape index (κ2) is 6.83. The number of hydrogen-bond acceptors (Lipinski definition) is 4. The summed E-state index contributed by atoms with van der Waals surface area (Å²) in [6, 6.07) is 3.40. The Hall–Kier alpha value is -2.05. The zero-order valence-electron chi connectivity index (χ0n) is 13.9. The summed E-state index contributed by atoms with van der Waals surface area (Å²) in [4.78, 5) is 12.6. The van der Waals surface area contributed by atoms with Crippen LogP contribution in [0, 0.1) is 13.8 Å². The van der Waals surface area contributed by atoms with Gasteiger partial charge >= 0.3 is 0 Å². The Morgan fingerprint density at radius 2 is 2.17 bits per heavy atom. The van der Waals surface area contributed by atoms with E-state index >= 15 is 0 Å². The summed E-state index contributed by atoms with van der Waals surface area (Å²) in [5, 5.41) is 7.73. The third-order valence-electron chi connectivity index (χ3n) is 4.06. The summed E-state index contributed by atoms with van der Waals surface area (Å²) in [6.45, 7) is 4.60. The predicted molar refractivity (Wildman–Crippen MR) is 90.6 cm³/mol. The summed E-state index contributed by atoms with van der Waals surface area (Å²) in [5.41, 5.74) is 2.33. The zero-order chi connectivity index (χ0) is 17.3. The number of carbonyl (C=O) groups is 1. The first kappa shape index (κ1) is 16.8. The van der Waals surface area contributed by atoms with Crippen molar-refractivity contribution in [3.63, 3.8) is 0 Å². The van der Waals surface area contributed by atoms with Crippen LogP contribution >= 0.6 is 11.6 Å². The molecule has 1 aliphatic rings. The Morgan fingerprint density at radius 1 is 1.38 bits per heavy atom. The zero-order valence-corrected chi connectivity index (χ0v) is 14.6. The summed E-state index contributed by atoms with van der Waals surface area (Å²) in [6.07, 6.45) is 3.18. The van der Waals surface area contributed by atoms with Gasteiger partial charge in [0.05, 0.1) is 31.6 Å². The van der Waals surface area contributed by atoms with Crippen molar-refractivity contribution < 1.29 is 14.3 Å². The van der Waals surface area contributed by atoms with Crippen LogP contribution in [-0.2, 0) is 11.8 Å². The molecule has 1 aromatic heterocycles. The molecule has 128 valence electrons. The van der Waals surface area contributed by atoms with Crippen molar-refractivity contribution in [2.24, 2.45) is 7.05 Å². The van der Waals surface area contributed by atoms with Gasteiger partial charge in [-0.05, 0) is 37.1 Å². The van der Waals surface area contributed by atoms with Crippen LogP contribution in [0.2, 0.25) is 5.02 Å². The maximum Gasteiger partial charge on any atom is 0.251 e. The second-order valence-electron chi connectivity index (χ2n) is 6.04. The number of carbonyl (C=O) groups excluding carboxylic acids is 1. The Balaban J connectivity index is 1.70. The molecule has 6 nitrogen and oxygen atoms in total. The topological polar surface area (TPSA) is 65.4 Å². The maximum atomic E-state index is 12.6. The van der Waals surface area contributed by atoms with Gasteiger partial charge in [-0.1, -0.05) is 11.6 Å². The van der Waals surface area contributed by atoms with E-state index in [2.05, 4.69) is 10.4 Å². The third-order valence-corrected chi connectivity index (χ3v) is 4.47. The molecule has 3 rings (SSSR count). The van der Waals surface area contributed by atoms with E-state index < -0.39 is 0 Å². The molecule has 2 heterocycles. The van der Waals surface area contributed by atoms with Gasteiger partial charge in [0.2, 0.25) is 0 Å². The lowest BCUT2D eigenvalue weighted by atomic mass is 10.0. The van der Waals surface area contributed by atoms with E-state index in [0.717, 1.165) is 11.1 Å². The van der Waals surface area contributed by atoms with E-state index in [9.17, 15) is 4.79 Å². The molecular weight excluding hydrogens is 330 g/mol. The van der Waals surface area contributed by atoms with Crippen LogP contribution in [0.15, 0.2) is 24.5 Å². The molecule has 2 aromatic rings. The highest BCUT2D eigenvalue weighted by atomic mass is 35.5. The first-order valence-corrected chi connectivity index (χ1v) is 8.12. The summed E-state index contributed by atoms with van der Waals surface area (Å²) in [7, 11) is 1.82. The summed E-state index contributed by atoms with van der Waals surface area (Å²) in [5.74, 6) is 0.508. The molecule has 2 atom stereocenters. The van der Waals surface area contributed by atoms with Crippen LogP contribution in [0.1, 0.15) is 21.5 Å². The molecule has 1 fully saturated rings. The van der Waals surface area contributed by atoms with Crippen LogP contribution in [0.3, 0.4) is 0 Å². The molecule has 1 amide bonds. The van der Waals surface area contributed by atoms with Gasteiger partial charge in [0.15, 0.2) is 5.75 Å². The van der Waals surface area contributed by atoms with Crippen molar-refractivity contribution in [2.75, 3.05) is 13.2 Å². The fourth-order valence-electron chi connectivity index (χ4n) is 2.69. The summed E-state index contributed by atoms with van der Waals surface area (Å²) < 4.78 is 13.0. The van der Waals surface area contributed by atoms with Crippen molar-refractivity contribution in [2.45, 2.75) is 26.0 Å². The highest BCUT2D eigenvalue weighted by Gasteiger charge is 2.32. The van der Waals surface area contributed by atoms with Crippen LogP contribution in [-0.4, -0.2) is 41.0 Å². The van der Waals surface area contributed by atoms with E-state index in [-0.39, 0.29) is 18.1 Å². The minimum atomic E-state index is -0.244. The van der Waals surface area contributed by atoms with Gasteiger partial charge < -0.3 is 14.8 Å². The van der Waals surface area contributed by atoms with E-state index in [1.165, 1.54) is 0 Å². The molecule has 0 saturated carbocycles. The molecule has 1 saturated heterocycles. The number of hydrogen-bond donors (Lipinski definition) is 1. The molecule has 1 aromatic carbocycles. The number of ether oxygens (including phenoxy) is 2. The summed E-state index contributed by atoms with van der Waals surface area (Å²) >= 11 is 6.10. The molecule has 0 aliphatic carbocycles. The molecule has 0 radical (unpaired) electrons. The number of aryl methyl sites for hydroxylation is 3. The lowest BCUT2D eigenvalue weighted by molar-refractivity contribution is 0.0903. The number of halogens is 1. The number of aromatic nitrogens is 2. The fraction of sp³-hybridized carbons (Fsp3) is 0.412. The van der Waals surface area contributed by atoms with Gasteiger partial charge in [-0.15, -0.1) is 0 Å². The smallest absolute Gasteiger partial charge is 0.251 e. The number of benzene rings is 1. The van der Waals surface area contributed by atoms with Crippen LogP contribution in [0.4, 0.5) is 0 Å². The van der Waals surface area contributed by atoms with Gasteiger partial charge in [0.1, 0.15) is 6.10 Å². The highest BCUT2D eigenvalue weighted by molar-refractivity contribution is 6.31. The predicted octanol–water partition coefficient (Wildman–Crippen LogP) is 2.27. The van der Waals surface area contributed by atoms with Crippen LogP contribution < -0.4 is 10.1 Å². The maximum absolute atomic E-state index is 12.6. The van der Waals surface area contributed by atoms with Crippen molar-refractivity contribution in [1.82, 2.24) is 15.1 Å². The fourth-order valence-corrected chi connectivity index (χ4v) is 2.91.